The fraction of sp³-hybridized carbons (Fsp3) is 0.308. The van der Waals surface area contributed by atoms with E-state index in [-0.39, 0.29) is 11.6 Å². The number of hydrogen-bond acceptors (Lipinski definition) is 4. The van der Waals surface area contributed by atoms with Crippen LogP contribution >= 0.6 is 0 Å². The minimum atomic E-state index is -0.228. The lowest BCUT2D eigenvalue weighted by atomic mass is 10.2. The van der Waals surface area contributed by atoms with Gasteiger partial charge in [-0.1, -0.05) is 0 Å². The molecule has 1 saturated carbocycles. The number of nitrogens with one attached hydrogen (secondary N) is 1. The van der Waals surface area contributed by atoms with Crippen molar-refractivity contribution in [1.29, 1.82) is 0 Å². The molecule has 0 aliphatic heterocycles. The van der Waals surface area contributed by atoms with Crippen molar-refractivity contribution in [2.45, 2.75) is 18.8 Å². The summed E-state index contributed by atoms with van der Waals surface area (Å²) in [5.41, 5.74) is 8.37. The van der Waals surface area contributed by atoms with Crippen molar-refractivity contribution in [1.82, 2.24) is 15.2 Å². The largest absolute Gasteiger partial charge is 0.395 e. The fourth-order valence-corrected chi connectivity index (χ4v) is 2.04. The van der Waals surface area contributed by atoms with Gasteiger partial charge < -0.3 is 10.6 Å². The molecule has 1 aliphatic rings. The Balaban J connectivity index is 1.87. The highest BCUT2D eigenvalue weighted by Crippen LogP contribution is 2.42. The van der Waals surface area contributed by atoms with Crippen molar-refractivity contribution in [2.75, 3.05) is 17.7 Å². The number of amides is 1. The summed E-state index contributed by atoms with van der Waals surface area (Å²) in [6, 6.07) is 3.60. The zero-order chi connectivity index (χ0) is 13.4. The Morgan fingerprint density at radius 2 is 2.32 bits per heavy atom. The molecule has 0 saturated heterocycles. The first-order valence-corrected chi connectivity index (χ1v) is 6.20. The van der Waals surface area contributed by atoms with Crippen LogP contribution in [0.1, 0.15) is 34.9 Å². The minimum absolute atomic E-state index is 0.228. The average Bonchev–Trinajstić information content (AvgIpc) is 3.21. The molecule has 6 heteroatoms. The number of carbonyl (C=O) groups is 1. The van der Waals surface area contributed by atoms with E-state index in [0.29, 0.717) is 17.3 Å². The Morgan fingerprint density at radius 1 is 1.53 bits per heavy atom. The molecule has 0 unspecified atom stereocenters. The SMILES string of the molecule is CN(C(=O)c1n[nH]c(C2CC2)c1N)c1cccnc1. The van der Waals surface area contributed by atoms with Crippen molar-refractivity contribution in [3.8, 4) is 0 Å². The van der Waals surface area contributed by atoms with E-state index in [9.17, 15) is 4.79 Å². The average molecular weight is 257 g/mol. The van der Waals surface area contributed by atoms with Crippen LogP contribution in [0.5, 0.6) is 0 Å². The topological polar surface area (TPSA) is 87.9 Å². The Labute approximate surface area is 110 Å². The Morgan fingerprint density at radius 3 is 2.95 bits per heavy atom. The molecule has 0 atom stereocenters. The maximum absolute atomic E-state index is 12.4. The number of carbonyl (C=O) groups excluding carboxylic acids is 1. The number of aromatic amines is 1. The van der Waals surface area contributed by atoms with Gasteiger partial charge in [-0.2, -0.15) is 5.10 Å². The molecule has 3 rings (SSSR count). The molecule has 98 valence electrons. The van der Waals surface area contributed by atoms with Gasteiger partial charge in [0.1, 0.15) is 0 Å². The van der Waals surface area contributed by atoms with Gasteiger partial charge in [-0.3, -0.25) is 14.9 Å². The number of hydrogen-bond donors (Lipinski definition) is 2. The summed E-state index contributed by atoms with van der Waals surface area (Å²) in [7, 11) is 1.68. The molecule has 6 nitrogen and oxygen atoms in total. The van der Waals surface area contributed by atoms with Crippen LogP contribution in [-0.2, 0) is 0 Å². The number of rotatable bonds is 3. The van der Waals surface area contributed by atoms with E-state index in [1.165, 1.54) is 4.90 Å². The van der Waals surface area contributed by atoms with Gasteiger partial charge in [0.2, 0.25) is 0 Å². The van der Waals surface area contributed by atoms with Crippen LogP contribution in [0.2, 0.25) is 0 Å². The summed E-state index contributed by atoms with van der Waals surface area (Å²) in [5.74, 6) is 0.214. The highest BCUT2D eigenvalue weighted by Gasteiger charge is 2.31. The number of nitrogen functional groups attached to an aromatic ring is 1. The second-order valence-electron chi connectivity index (χ2n) is 4.75. The van der Waals surface area contributed by atoms with Gasteiger partial charge in [0.05, 0.1) is 23.3 Å². The van der Waals surface area contributed by atoms with Crippen molar-refractivity contribution in [2.24, 2.45) is 0 Å². The van der Waals surface area contributed by atoms with E-state index >= 15 is 0 Å². The van der Waals surface area contributed by atoms with Gasteiger partial charge in [-0.05, 0) is 25.0 Å². The Bertz CT molecular complexity index is 603. The molecule has 0 radical (unpaired) electrons. The van der Waals surface area contributed by atoms with E-state index in [1.54, 1.807) is 25.5 Å². The lowest BCUT2D eigenvalue weighted by molar-refractivity contribution is 0.0989. The lowest BCUT2D eigenvalue weighted by Crippen LogP contribution is -2.27. The molecule has 1 aliphatic carbocycles. The number of pyridine rings is 1. The molecule has 1 fully saturated rings. The first-order chi connectivity index (χ1) is 9.18. The van der Waals surface area contributed by atoms with Gasteiger partial charge in [-0.15, -0.1) is 0 Å². The monoisotopic (exact) mass is 257 g/mol. The second-order valence-corrected chi connectivity index (χ2v) is 4.75. The zero-order valence-corrected chi connectivity index (χ0v) is 10.6. The van der Waals surface area contributed by atoms with Crippen LogP contribution in [0.25, 0.3) is 0 Å². The highest BCUT2D eigenvalue weighted by molar-refractivity contribution is 6.07. The molecular weight excluding hydrogens is 242 g/mol. The van der Waals surface area contributed by atoms with E-state index in [1.807, 2.05) is 6.07 Å². The lowest BCUT2D eigenvalue weighted by Gasteiger charge is -2.15. The predicted octanol–water partition coefficient (Wildman–Crippen LogP) is 1.54. The van der Waals surface area contributed by atoms with Crippen LogP contribution in [-0.4, -0.2) is 28.1 Å². The molecule has 19 heavy (non-hydrogen) atoms. The number of H-pyrrole nitrogens is 1. The standard InChI is InChI=1S/C13H15N5O/c1-18(9-3-2-6-15-7-9)13(19)12-10(14)11(16-17-12)8-4-5-8/h2-3,6-8H,4-5,14H2,1H3,(H,16,17). The third-order valence-corrected chi connectivity index (χ3v) is 3.36. The third-order valence-electron chi connectivity index (χ3n) is 3.36. The first-order valence-electron chi connectivity index (χ1n) is 6.20. The van der Waals surface area contributed by atoms with E-state index in [0.717, 1.165) is 18.5 Å². The van der Waals surface area contributed by atoms with Crippen molar-refractivity contribution < 1.29 is 4.79 Å². The summed E-state index contributed by atoms with van der Waals surface area (Å²) in [4.78, 5) is 17.8. The van der Waals surface area contributed by atoms with Gasteiger partial charge in [0.15, 0.2) is 5.69 Å². The molecule has 0 spiro atoms. The summed E-state index contributed by atoms with van der Waals surface area (Å²) in [6.45, 7) is 0. The van der Waals surface area contributed by atoms with Crippen LogP contribution in [0.15, 0.2) is 24.5 Å². The number of aromatic nitrogens is 3. The number of nitrogens with zero attached hydrogens (tertiary/aromatic N) is 3. The summed E-state index contributed by atoms with van der Waals surface area (Å²) in [5, 5.41) is 6.95. The fourth-order valence-electron chi connectivity index (χ4n) is 2.04. The van der Waals surface area contributed by atoms with Crippen molar-refractivity contribution in [3.63, 3.8) is 0 Å². The Kier molecular flexibility index (Phi) is 2.70. The summed E-state index contributed by atoms with van der Waals surface area (Å²) < 4.78 is 0. The second kappa shape index (κ2) is 4.38. The summed E-state index contributed by atoms with van der Waals surface area (Å²) >= 11 is 0. The van der Waals surface area contributed by atoms with Crippen molar-refractivity contribution >= 4 is 17.3 Å². The minimum Gasteiger partial charge on any atom is -0.395 e. The predicted molar refractivity (Wildman–Crippen MR) is 71.9 cm³/mol. The smallest absolute Gasteiger partial charge is 0.280 e. The zero-order valence-electron chi connectivity index (χ0n) is 10.6. The molecule has 2 heterocycles. The molecule has 1 amide bonds. The third kappa shape index (κ3) is 2.05. The first kappa shape index (κ1) is 11.7. The molecule has 3 N–H and O–H groups in total. The molecule has 0 bridgehead atoms. The van der Waals surface area contributed by atoms with E-state index < -0.39 is 0 Å². The van der Waals surface area contributed by atoms with Crippen LogP contribution in [0.4, 0.5) is 11.4 Å². The van der Waals surface area contributed by atoms with E-state index in [2.05, 4.69) is 15.2 Å². The van der Waals surface area contributed by atoms with Crippen LogP contribution in [0.3, 0.4) is 0 Å². The number of anilines is 2. The molecule has 0 aromatic carbocycles. The normalized spacial score (nSPS) is 14.4. The quantitative estimate of drug-likeness (QED) is 0.873. The maximum atomic E-state index is 12.4. The van der Waals surface area contributed by atoms with Crippen LogP contribution < -0.4 is 10.6 Å². The van der Waals surface area contributed by atoms with Gasteiger partial charge >= 0.3 is 0 Å². The Hall–Kier alpha value is -2.37. The van der Waals surface area contributed by atoms with Gasteiger partial charge in [-0.25, -0.2) is 0 Å². The molecular formula is C13H15N5O. The van der Waals surface area contributed by atoms with Gasteiger partial charge in [0, 0.05) is 19.2 Å². The summed E-state index contributed by atoms with van der Waals surface area (Å²) in [6.07, 6.45) is 5.51. The molecule has 2 aromatic rings. The highest BCUT2D eigenvalue weighted by atomic mass is 16.2. The maximum Gasteiger partial charge on any atom is 0.280 e. The number of nitrogens with two attached hydrogens (primary N) is 1. The molecule has 2 aromatic heterocycles. The van der Waals surface area contributed by atoms with E-state index in [4.69, 9.17) is 5.73 Å². The van der Waals surface area contributed by atoms with Crippen molar-refractivity contribution in [3.05, 3.63) is 35.9 Å². The van der Waals surface area contributed by atoms with Crippen LogP contribution in [0, 0.1) is 0 Å². The van der Waals surface area contributed by atoms with Gasteiger partial charge in [0.25, 0.3) is 5.91 Å².